The number of halogens is 1. The van der Waals surface area contributed by atoms with Crippen LogP contribution in [0.15, 0.2) is 48.5 Å². The summed E-state index contributed by atoms with van der Waals surface area (Å²) in [6, 6.07) is 16.9. The fourth-order valence-electron chi connectivity index (χ4n) is 1.90. The van der Waals surface area contributed by atoms with E-state index >= 15 is 0 Å². The van der Waals surface area contributed by atoms with E-state index in [1.54, 1.807) is 0 Å². The normalized spacial score (nSPS) is 10.6. The van der Waals surface area contributed by atoms with Gasteiger partial charge in [0.15, 0.2) is 0 Å². The van der Waals surface area contributed by atoms with Crippen LogP contribution in [0.3, 0.4) is 0 Å². The lowest BCUT2D eigenvalue weighted by atomic mass is 9.99. The monoisotopic (exact) mass is 260 g/mol. The molecule has 1 nitrogen and oxygen atoms in total. The Bertz CT molecular complexity index is 491. The topological polar surface area (TPSA) is 9.23 Å². The van der Waals surface area contributed by atoms with Gasteiger partial charge < -0.3 is 4.74 Å². The summed E-state index contributed by atoms with van der Waals surface area (Å²) in [6.07, 6.45) is 0. The van der Waals surface area contributed by atoms with Crippen molar-refractivity contribution in [3.63, 3.8) is 0 Å². The van der Waals surface area contributed by atoms with E-state index in [1.807, 2.05) is 6.07 Å². The number of aryl methyl sites for hydroxylation is 1. The van der Waals surface area contributed by atoms with Gasteiger partial charge in [0, 0.05) is 5.88 Å². The second-order valence-corrected chi connectivity index (χ2v) is 4.64. The Morgan fingerprint density at radius 3 is 2.44 bits per heavy atom. The van der Waals surface area contributed by atoms with Gasteiger partial charge in [0.1, 0.15) is 0 Å². The van der Waals surface area contributed by atoms with Gasteiger partial charge >= 0.3 is 0 Å². The first-order valence-electron chi connectivity index (χ1n) is 6.10. The number of benzene rings is 2. The highest BCUT2D eigenvalue weighted by atomic mass is 35.5. The van der Waals surface area contributed by atoms with Crippen molar-refractivity contribution in [1.29, 1.82) is 0 Å². The summed E-state index contributed by atoms with van der Waals surface area (Å²) in [5.74, 6) is 0.534. The van der Waals surface area contributed by atoms with E-state index in [1.165, 1.54) is 22.3 Å². The van der Waals surface area contributed by atoms with Crippen LogP contribution in [0.1, 0.15) is 11.1 Å². The molecule has 0 fully saturated rings. The molecule has 18 heavy (non-hydrogen) atoms. The number of hydrogen-bond donors (Lipinski definition) is 0. The summed E-state index contributed by atoms with van der Waals surface area (Å²) in [6.45, 7) is 3.29. The van der Waals surface area contributed by atoms with E-state index in [4.69, 9.17) is 16.3 Å². The molecule has 0 radical (unpaired) electrons. The van der Waals surface area contributed by atoms with E-state index in [9.17, 15) is 0 Å². The summed E-state index contributed by atoms with van der Waals surface area (Å²) in [5, 5.41) is 0. The quantitative estimate of drug-likeness (QED) is 0.571. The van der Waals surface area contributed by atoms with Gasteiger partial charge in [-0.2, -0.15) is 0 Å². The van der Waals surface area contributed by atoms with Crippen molar-refractivity contribution in [2.45, 2.75) is 13.5 Å². The molecular formula is C16H17ClO. The SMILES string of the molecule is Cc1ccc(-c2ccccc2COCCCl)cc1. The van der Waals surface area contributed by atoms with E-state index in [2.05, 4.69) is 49.4 Å². The van der Waals surface area contributed by atoms with E-state index in [-0.39, 0.29) is 0 Å². The molecule has 0 saturated heterocycles. The van der Waals surface area contributed by atoms with Crippen LogP contribution in [0, 0.1) is 6.92 Å². The molecule has 94 valence electrons. The lowest BCUT2D eigenvalue weighted by Crippen LogP contribution is -1.98. The predicted molar refractivity (Wildman–Crippen MR) is 77.0 cm³/mol. The molecule has 2 rings (SSSR count). The van der Waals surface area contributed by atoms with E-state index in [0.29, 0.717) is 19.1 Å². The molecule has 0 aliphatic heterocycles. The third-order valence-electron chi connectivity index (χ3n) is 2.86. The van der Waals surface area contributed by atoms with Crippen molar-refractivity contribution in [1.82, 2.24) is 0 Å². The van der Waals surface area contributed by atoms with Gasteiger partial charge in [-0.1, -0.05) is 54.1 Å². The molecule has 0 aromatic heterocycles. The van der Waals surface area contributed by atoms with Gasteiger partial charge in [-0.25, -0.2) is 0 Å². The van der Waals surface area contributed by atoms with Crippen LogP contribution < -0.4 is 0 Å². The van der Waals surface area contributed by atoms with Crippen LogP contribution in [-0.4, -0.2) is 12.5 Å². The van der Waals surface area contributed by atoms with Crippen molar-refractivity contribution < 1.29 is 4.74 Å². The highest BCUT2D eigenvalue weighted by Gasteiger charge is 2.04. The molecule has 0 atom stereocenters. The number of alkyl halides is 1. The second-order valence-electron chi connectivity index (χ2n) is 4.26. The van der Waals surface area contributed by atoms with E-state index < -0.39 is 0 Å². The smallest absolute Gasteiger partial charge is 0.0723 e. The lowest BCUT2D eigenvalue weighted by molar-refractivity contribution is 0.136. The Balaban J connectivity index is 2.23. The maximum absolute atomic E-state index is 5.62. The van der Waals surface area contributed by atoms with Crippen molar-refractivity contribution in [3.05, 3.63) is 59.7 Å². The summed E-state index contributed by atoms with van der Waals surface area (Å²) >= 11 is 5.62. The number of ether oxygens (including phenoxy) is 1. The Labute approximate surface area is 113 Å². The van der Waals surface area contributed by atoms with Gasteiger partial charge in [0.2, 0.25) is 0 Å². The van der Waals surface area contributed by atoms with Crippen LogP contribution in [0.25, 0.3) is 11.1 Å². The summed E-state index contributed by atoms with van der Waals surface area (Å²) < 4.78 is 5.52. The van der Waals surface area contributed by atoms with Gasteiger partial charge in [-0.15, -0.1) is 11.6 Å². The molecule has 0 spiro atoms. The highest BCUT2D eigenvalue weighted by molar-refractivity contribution is 6.17. The molecule has 0 saturated carbocycles. The zero-order chi connectivity index (χ0) is 12.8. The minimum atomic E-state index is 0.534. The fourth-order valence-corrected chi connectivity index (χ4v) is 2.01. The molecule has 2 aromatic rings. The largest absolute Gasteiger partial charge is 0.376 e. The summed E-state index contributed by atoms with van der Waals surface area (Å²) in [5.41, 5.74) is 4.93. The predicted octanol–water partition coefficient (Wildman–Crippen LogP) is 4.42. The number of hydrogen-bond acceptors (Lipinski definition) is 1. The molecule has 0 bridgehead atoms. The van der Waals surface area contributed by atoms with Crippen molar-refractivity contribution >= 4 is 11.6 Å². The first-order chi connectivity index (χ1) is 8.81. The third-order valence-corrected chi connectivity index (χ3v) is 3.01. The van der Waals surface area contributed by atoms with Crippen LogP contribution >= 0.6 is 11.6 Å². The summed E-state index contributed by atoms with van der Waals surface area (Å²) in [4.78, 5) is 0. The Morgan fingerprint density at radius 1 is 1.00 bits per heavy atom. The van der Waals surface area contributed by atoms with Gasteiger partial charge in [-0.05, 0) is 23.6 Å². The maximum atomic E-state index is 5.62. The lowest BCUT2D eigenvalue weighted by Gasteiger charge is -2.10. The second kappa shape index (κ2) is 6.58. The molecule has 2 heteroatoms. The fraction of sp³-hybridized carbons (Fsp3) is 0.250. The average Bonchev–Trinajstić information content (AvgIpc) is 2.41. The molecule has 0 aliphatic rings. The standard InChI is InChI=1S/C16H17ClO/c1-13-6-8-14(9-7-13)16-5-3-2-4-15(16)12-18-11-10-17/h2-9H,10-12H2,1H3. The highest BCUT2D eigenvalue weighted by Crippen LogP contribution is 2.24. The van der Waals surface area contributed by atoms with Crippen LogP contribution in [-0.2, 0) is 11.3 Å². The van der Waals surface area contributed by atoms with Crippen LogP contribution in [0.5, 0.6) is 0 Å². The summed E-state index contributed by atoms with van der Waals surface area (Å²) in [7, 11) is 0. The molecule has 0 aliphatic carbocycles. The van der Waals surface area contributed by atoms with Crippen molar-refractivity contribution in [3.8, 4) is 11.1 Å². The Hall–Kier alpha value is -1.31. The third kappa shape index (κ3) is 3.34. The Kier molecular flexibility index (Phi) is 4.80. The van der Waals surface area contributed by atoms with Crippen LogP contribution in [0.2, 0.25) is 0 Å². The molecule has 0 heterocycles. The van der Waals surface area contributed by atoms with Crippen molar-refractivity contribution in [2.75, 3.05) is 12.5 Å². The zero-order valence-electron chi connectivity index (χ0n) is 10.5. The minimum Gasteiger partial charge on any atom is -0.376 e. The molecule has 2 aromatic carbocycles. The first kappa shape index (κ1) is 13.1. The number of rotatable bonds is 5. The first-order valence-corrected chi connectivity index (χ1v) is 6.63. The van der Waals surface area contributed by atoms with Crippen molar-refractivity contribution in [2.24, 2.45) is 0 Å². The molecule has 0 N–H and O–H groups in total. The minimum absolute atomic E-state index is 0.534. The van der Waals surface area contributed by atoms with Crippen LogP contribution in [0.4, 0.5) is 0 Å². The van der Waals surface area contributed by atoms with Gasteiger partial charge in [0.25, 0.3) is 0 Å². The van der Waals surface area contributed by atoms with Gasteiger partial charge in [-0.3, -0.25) is 0 Å². The van der Waals surface area contributed by atoms with E-state index in [0.717, 1.165) is 0 Å². The Morgan fingerprint density at radius 2 is 1.72 bits per heavy atom. The average molecular weight is 261 g/mol. The zero-order valence-corrected chi connectivity index (χ0v) is 11.3. The molecular weight excluding hydrogens is 244 g/mol. The maximum Gasteiger partial charge on any atom is 0.0723 e. The molecule has 0 amide bonds. The molecule has 0 unspecified atom stereocenters. The van der Waals surface area contributed by atoms with Gasteiger partial charge in [0.05, 0.1) is 13.2 Å².